The maximum atomic E-state index is 13.1. The molecule has 0 atom stereocenters. The number of allylic oxidation sites excluding steroid dienone is 1. The molecule has 0 amide bonds. The molecule has 0 saturated carbocycles. The van der Waals surface area contributed by atoms with Gasteiger partial charge in [0.15, 0.2) is 0 Å². The monoisotopic (exact) mass is 446 g/mol. The van der Waals surface area contributed by atoms with Gasteiger partial charge in [-0.15, -0.1) is 0 Å². The highest BCUT2D eigenvalue weighted by molar-refractivity contribution is 6.30. The number of aryl methyl sites for hydroxylation is 1. The number of esters is 1. The van der Waals surface area contributed by atoms with Crippen molar-refractivity contribution in [3.8, 4) is 0 Å². The van der Waals surface area contributed by atoms with E-state index in [2.05, 4.69) is 38.1 Å². The molecule has 32 heavy (non-hydrogen) atoms. The summed E-state index contributed by atoms with van der Waals surface area (Å²) in [4.78, 5) is 13.1. The third-order valence-corrected chi connectivity index (χ3v) is 5.75. The number of unbranched alkanes of at least 4 members (excludes halogenated alkanes) is 2. The molecule has 0 aliphatic heterocycles. The molecule has 0 fully saturated rings. The lowest BCUT2D eigenvalue weighted by atomic mass is 9.90. The van der Waals surface area contributed by atoms with E-state index in [0.29, 0.717) is 23.6 Å². The van der Waals surface area contributed by atoms with Crippen LogP contribution in [0.4, 0.5) is 0 Å². The Hall–Kier alpha value is -2.84. The van der Waals surface area contributed by atoms with Crippen molar-refractivity contribution in [2.24, 2.45) is 0 Å². The average Bonchev–Trinajstić information content (AvgIpc) is 2.79. The summed E-state index contributed by atoms with van der Waals surface area (Å²) in [7, 11) is 0. The Morgan fingerprint density at radius 1 is 0.969 bits per heavy atom. The first kappa shape index (κ1) is 23.8. The summed E-state index contributed by atoms with van der Waals surface area (Å²) >= 11 is 6.06. The highest BCUT2D eigenvalue weighted by Crippen LogP contribution is 2.30. The largest absolute Gasteiger partial charge is 0.462 e. The van der Waals surface area contributed by atoms with Gasteiger partial charge < -0.3 is 4.74 Å². The summed E-state index contributed by atoms with van der Waals surface area (Å²) in [5.74, 6) is -0.278. The Kier molecular flexibility index (Phi) is 9.13. The smallest absolute Gasteiger partial charge is 0.338 e. The summed E-state index contributed by atoms with van der Waals surface area (Å²) in [6, 6.07) is 23.8. The van der Waals surface area contributed by atoms with Crippen LogP contribution in [-0.4, -0.2) is 12.6 Å². The third-order valence-electron chi connectivity index (χ3n) is 5.52. The zero-order chi connectivity index (χ0) is 22.8. The van der Waals surface area contributed by atoms with E-state index in [0.717, 1.165) is 47.9 Å². The number of rotatable bonds is 10. The van der Waals surface area contributed by atoms with Crippen LogP contribution in [0.25, 0.3) is 11.6 Å². The van der Waals surface area contributed by atoms with Crippen molar-refractivity contribution in [3.05, 3.63) is 106 Å². The number of carbonyl (C=O) groups is 1. The predicted octanol–water partition coefficient (Wildman–Crippen LogP) is 8.17. The highest BCUT2D eigenvalue weighted by atomic mass is 35.5. The normalized spacial score (nSPS) is 11.4. The lowest BCUT2D eigenvalue weighted by Crippen LogP contribution is -2.11. The van der Waals surface area contributed by atoms with Crippen LogP contribution in [-0.2, 0) is 11.2 Å². The second-order valence-electron chi connectivity index (χ2n) is 8.05. The van der Waals surface area contributed by atoms with Gasteiger partial charge in [-0.05, 0) is 65.8 Å². The number of carbonyl (C=O) groups excluding carboxylic acids is 1. The van der Waals surface area contributed by atoms with E-state index >= 15 is 0 Å². The van der Waals surface area contributed by atoms with Crippen LogP contribution in [0.3, 0.4) is 0 Å². The van der Waals surface area contributed by atoms with Crippen molar-refractivity contribution in [3.63, 3.8) is 0 Å². The molecule has 166 valence electrons. The zero-order valence-corrected chi connectivity index (χ0v) is 19.7. The Morgan fingerprint density at radius 3 is 2.50 bits per heavy atom. The third kappa shape index (κ3) is 6.83. The molecule has 0 aromatic heterocycles. The van der Waals surface area contributed by atoms with E-state index in [-0.39, 0.29) is 5.97 Å². The Morgan fingerprint density at radius 2 is 1.75 bits per heavy atom. The second kappa shape index (κ2) is 12.3. The van der Waals surface area contributed by atoms with Crippen molar-refractivity contribution in [2.75, 3.05) is 6.61 Å². The maximum absolute atomic E-state index is 13.1. The molecule has 3 heteroatoms. The molecule has 0 aliphatic carbocycles. The lowest BCUT2D eigenvalue weighted by Gasteiger charge is -2.16. The number of benzene rings is 3. The number of ether oxygens (including phenoxy) is 1. The molecule has 2 nitrogen and oxygen atoms in total. The molecule has 3 rings (SSSR count). The van der Waals surface area contributed by atoms with E-state index in [9.17, 15) is 4.79 Å². The van der Waals surface area contributed by atoms with Gasteiger partial charge in [0, 0.05) is 11.4 Å². The summed E-state index contributed by atoms with van der Waals surface area (Å²) < 4.78 is 5.68. The minimum atomic E-state index is -0.278. The first-order chi connectivity index (χ1) is 15.6. The van der Waals surface area contributed by atoms with Crippen molar-refractivity contribution in [1.82, 2.24) is 0 Å². The fourth-order valence-corrected chi connectivity index (χ4v) is 4.09. The van der Waals surface area contributed by atoms with E-state index < -0.39 is 0 Å². The fraction of sp³-hybridized carbons (Fsp3) is 0.276. The summed E-state index contributed by atoms with van der Waals surface area (Å²) in [5.41, 5.74) is 6.11. The number of hydrogen-bond donors (Lipinski definition) is 0. The van der Waals surface area contributed by atoms with Crippen LogP contribution in [0.1, 0.15) is 65.2 Å². The summed E-state index contributed by atoms with van der Waals surface area (Å²) in [6.45, 7) is 4.59. The molecule has 0 unspecified atom stereocenters. The topological polar surface area (TPSA) is 26.3 Å². The van der Waals surface area contributed by atoms with Crippen molar-refractivity contribution >= 4 is 29.2 Å². The maximum Gasteiger partial charge on any atom is 0.338 e. The molecule has 3 aromatic carbocycles. The standard InChI is InChI=1S/C29H31ClO2/c1-3-4-6-15-25(20-23-12-7-5-8-13-23)28-22(2)11-9-17-27(28)29(31)32-19-18-24-14-10-16-26(30)21-24/h5,7-14,16-17,20-21H,3-4,6,15,18-19H2,1-2H3/b25-20-. The van der Waals surface area contributed by atoms with Crippen molar-refractivity contribution < 1.29 is 9.53 Å². The van der Waals surface area contributed by atoms with E-state index in [1.165, 1.54) is 5.57 Å². The van der Waals surface area contributed by atoms with Crippen LogP contribution >= 0.6 is 11.6 Å². The molecule has 0 N–H and O–H groups in total. The first-order valence-corrected chi connectivity index (χ1v) is 11.7. The molecular formula is C29H31ClO2. The van der Waals surface area contributed by atoms with Crippen molar-refractivity contribution in [2.45, 2.75) is 46.0 Å². The molecular weight excluding hydrogens is 416 g/mol. The molecule has 0 saturated heterocycles. The van der Waals surface area contributed by atoms with Gasteiger partial charge in [-0.3, -0.25) is 0 Å². The van der Waals surface area contributed by atoms with Gasteiger partial charge in [-0.1, -0.05) is 92.0 Å². The van der Waals surface area contributed by atoms with Crippen LogP contribution in [0.15, 0.2) is 72.8 Å². The van der Waals surface area contributed by atoms with Crippen LogP contribution in [0.2, 0.25) is 5.02 Å². The summed E-state index contributed by atoms with van der Waals surface area (Å²) in [6.07, 6.45) is 7.18. The molecule has 0 heterocycles. The molecule has 0 radical (unpaired) electrons. The molecule has 0 bridgehead atoms. The van der Waals surface area contributed by atoms with Gasteiger partial charge >= 0.3 is 5.97 Å². The van der Waals surface area contributed by atoms with Gasteiger partial charge in [0.25, 0.3) is 0 Å². The quantitative estimate of drug-likeness (QED) is 0.178. The van der Waals surface area contributed by atoms with E-state index in [4.69, 9.17) is 16.3 Å². The molecule has 3 aromatic rings. The number of hydrogen-bond acceptors (Lipinski definition) is 2. The van der Waals surface area contributed by atoms with Gasteiger partial charge in [-0.2, -0.15) is 0 Å². The van der Waals surface area contributed by atoms with Gasteiger partial charge in [-0.25, -0.2) is 4.79 Å². The van der Waals surface area contributed by atoms with E-state index in [1.807, 2.05) is 54.6 Å². The Labute approximate surface area is 196 Å². The SMILES string of the molecule is CCCCC/C(=C/c1ccccc1)c1c(C)cccc1C(=O)OCCc1cccc(Cl)c1. The molecule has 0 spiro atoms. The van der Waals surface area contributed by atoms with Crippen LogP contribution in [0, 0.1) is 6.92 Å². The summed E-state index contributed by atoms with van der Waals surface area (Å²) in [5, 5.41) is 0.692. The second-order valence-corrected chi connectivity index (χ2v) is 8.49. The number of halogens is 1. The minimum Gasteiger partial charge on any atom is -0.462 e. The van der Waals surface area contributed by atoms with Gasteiger partial charge in [0.1, 0.15) is 0 Å². The van der Waals surface area contributed by atoms with Crippen LogP contribution in [0.5, 0.6) is 0 Å². The fourth-order valence-electron chi connectivity index (χ4n) is 3.88. The molecule has 0 aliphatic rings. The van der Waals surface area contributed by atoms with E-state index in [1.54, 1.807) is 0 Å². The van der Waals surface area contributed by atoms with Crippen LogP contribution < -0.4 is 0 Å². The average molecular weight is 447 g/mol. The van der Waals surface area contributed by atoms with Gasteiger partial charge in [0.2, 0.25) is 0 Å². The Bertz CT molecular complexity index is 1050. The zero-order valence-electron chi connectivity index (χ0n) is 18.9. The lowest BCUT2D eigenvalue weighted by molar-refractivity contribution is 0.0509. The first-order valence-electron chi connectivity index (χ1n) is 11.4. The van der Waals surface area contributed by atoms with Gasteiger partial charge in [0.05, 0.1) is 12.2 Å². The van der Waals surface area contributed by atoms with Crippen molar-refractivity contribution in [1.29, 1.82) is 0 Å². The highest BCUT2D eigenvalue weighted by Gasteiger charge is 2.18. The minimum absolute atomic E-state index is 0.278. The Balaban J connectivity index is 1.84. The predicted molar refractivity (Wildman–Crippen MR) is 135 cm³/mol.